The Kier molecular flexibility index (Phi) is 2.92. The SMILES string of the molecule is C1=Cc2ccccc21.Nc1ccccc1O. The molecule has 16 heavy (non-hydrogen) atoms. The topological polar surface area (TPSA) is 46.2 Å². The van der Waals surface area contributed by atoms with E-state index in [0.29, 0.717) is 5.69 Å². The molecule has 2 nitrogen and oxygen atoms in total. The van der Waals surface area contributed by atoms with Gasteiger partial charge in [-0.15, -0.1) is 0 Å². The Balaban J connectivity index is 0.000000120. The van der Waals surface area contributed by atoms with E-state index >= 15 is 0 Å². The van der Waals surface area contributed by atoms with Gasteiger partial charge in [-0.05, 0) is 23.3 Å². The Labute approximate surface area is 94.7 Å². The van der Waals surface area contributed by atoms with Gasteiger partial charge in [0.1, 0.15) is 5.75 Å². The highest BCUT2D eigenvalue weighted by atomic mass is 16.3. The molecule has 0 heterocycles. The van der Waals surface area contributed by atoms with Crippen molar-refractivity contribution in [1.82, 2.24) is 0 Å². The highest BCUT2D eigenvalue weighted by Gasteiger charge is 1.99. The molecule has 0 radical (unpaired) electrons. The normalized spacial score (nSPS) is 10.8. The first-order valence-corrected chi connectivity index (χ1v) is 5.08. The molecule has 2 aromatic rings. The number of phenols is 1. The maximum Gasteiger partial charge on any atom is 0.138 e. The molecule has 0 spiro atoms. The summed E-state index contributed by atoms with van der Waals surface area (Å²) in [5.74, 6) is 0.146. The average Bonchev–Trinajstić information content (AvgIpc) is 2.26. The summed E-state index contributed by atoms with van der Waals surface area (Å²) in [7, 11) is 0. The molecule has 0 saturated heterocycles. The van der Waals surface area contributed by atoms with Gasteiger partial charge in [0.25, 0.3) is 0 Å². The average molecular weight is 211 g/mol. The summed E-state index contributed by atoms with van der Waals surface area (Å²) in [5.41, 5.74) is 8.43. The van der Waals surface area contributed by atoms with Gasteiger partial charge in [-0.1, -0.05) is 48.6 Å². The summed E-state index contributed by atoms with van der Waals surface area (Å²) in [5, 5.41) is 8.79. The zero-order valence-electron chi connectivity index (χ0n) is 8.80. The van der Waals surface area contributed by atoms with Crippen LogP contribution in [-0.2, 0) is 0 Å². The van der Waals surface area contributed by atoms with Gasteiger partial charge >= 0.3 is 0 Å². The van der Waals surface area contributed by atoms with Crippen LogP contribution in [-0.4, -0.2) is 5.11 Å². The van der Waals surface area contributed by atoms with Crippen LogP contribution in [0.25, 0.3) is 12.2 Å². The second-order valence-corrected chi connectivity index (χ2v) is 3.52. The first kappa shape index (κ1) is 10.3. The van der Waals surface area contributed by atoms with E-state index in [0.717, 1.165) is 0 Å². The first-order chi connectivity index (χ1) is 7.77. The molecule has 3 rings (SSSR count). The van der Waals surface area contributed by atoms with Gasteiger partial charge in [0, 0.05) is 0 Å². The Morgan fingerprint density at radius 2 is 1.25 bits per heavy atom. The van der Waals surface area contributed by atoms with Crippen LogP contribution < -0.4 is 5.73 Å². The van der Waals surface area contributed by atoms with E-state index in [9.17, 15) is 0 Å². The molecular formula is C14H13NO. The van der Waals surface area contributed by atoms with E-state index in [1.54, 1.807) is 24.3 Å². The number of nitrogen functional groups attached to an aromatic ring is 1. The minimum Gasteiger partial charge on any atom is -0.506 e. The molecule has 0 amide bonds. The second kappa shape index (κ2) is 4.53. The summed E-state index contributed by atoms with van der Waals surface area (Å²) < 4.78 is 0. The van der Waals surface area contributed by atoms with Crippen LogP contribution >= 0.6 is 0 Å². The van der Waals surface area contributed by atoms with Crippen LogP contribution in [0.2, 0.25) is 0 Å². The molecule has 0 aliphatic heterocycles. The van der Waals surface area contributed by atoms with Crippen molar-refractivity contribution in [3.63, 3.8) is 0 Å². The van der Waals surface area contributed by atoms with Crippen LogP contribution in [0.5, 0.6) is 5.75 Å². The number of hydrogen-bond acceptors (Lipinski definition) is 2. The second-order valence-electron chi connectivity index (χ2n) is 3.52. The van der Waals surface area contributed by atoms with Gasteiger partial charge < -0.3 is 10.8 Å². The number of rotatable bonds is 0. The van der Waals surface area contributed by atoms with E-state index in [-0.39, 0.29) is 5.75 Å². The number of fused-ring (bicyclic) bond motifs is 1. The molecule has 0 saturated carbocycles. The quantitative estimate of drug-likeness (QED) is 0.443. The number of nitrogens with two attached hydrogens (primary N) is 1. The predicted octanol–water partition coefficient (Wildman–Crippen LogP) is 3.14. The van der Waals surface area contributed by atoms with Gasteiger partial charge in [0.05, 0.1) is 5.69 Å². The molecule has 1 aliphatic rings. The van der Waals surface area contributed by atoms with Gasteiger partial charge in [-0.25, -0.2) is 0 Å². The third-order valence-electron chi connectivity index (χ3n) is 2.38. The molecule has 3 N–H and O–H groups in total. The molecule has 0 atom stereocenters. The minimum absolute atomic E-state index is 0.146. The third-order valence-corrected chi connectivity index (χ3v) is 2.38. The van der Waals surface area contributed by atoms with Crippen LogP contribution in [0.15, 0.2) is 48.5 Å². The van der Waals surface area contributed by atoms with Crippen molar-refractivity contribution < 1.29 is 5.11 Å². The molecule has 0 aromatic heterocycles. The summed E-state index contributed by atoms with van der Waals surface area (Å²) in [6.07, 6.45) is 4.24. The lowest BCUT2D eigenvalue weighted by Crippen LogP contribution is -1.85. The Morgan fingerprint density at radius 1 is 0.750 bits per heavy atom. The van der Waals surface area contributed by atoms with Crippen LogP contribution in [0, 0.1) is 0 Å². The fraction of sp³-hybridized carbons (Fsp3) is 0. The zero-order valence-corrected chi connectivity index (χ0v) is 8.80. The standard InChI is InChI=1S/C8H6.C6H7NO/c1-2-4-8-6-5-7(8)3-1;7-5-3-1-2-4-6(5)8/h1-6H;1-4,8H,7H2. The molecule has 80 valence electrons. The monoisotopic (exact) mass is 211 g/mol. The fourth-order valence-corrected chi connectivity index (χ4v) is 1.39. The van der Waals surface area contributed by atoms with Crippen molar-refractivity contribution in [1.29, 1.82) is 0 Å². The molecule has 0 unspecified atom stereocenters. The molecular weight excluding hydrogens is 198 g/mol. The van der Waals surface area contributed by atoms with Crippen molar-refractivity contribution in [3.8, 4) is 5.75 Å². The van der Waals surface area contributed by atoms with Gasteiger partial charge in [0.2, 0.25) is 0 Å². The number of benzene rings is 2. The lowest BCUT2D eigenvalue weighted by Gasteiger charge is -2.06. The van der Waals surface area contributed by atoms with Crippen LogP contribution in [0.1, 0.15) is 11.1 Å². The number of anilines is 1. The number of hydrogen-bond donors (Lipinski definition) is 2. The van der Waals surface area contributed by atoms with Gasteiger partial charge in [0.15, 0.2) is 0 Å². The summed E-state index contributed by atoms with van der Waals surface area (Å²) in [6, 6.07) is 15.1. The summed E-state index contributed by atoms with van der Waals surface area (Å²) >= 11 is 0. The smallest absolute Gasteiger partial charge is 0.138 e. The lowest BCUT2D eigenvalue weighted by molar-refractivity contribution is 0.478. The van der Waals surface area contributed by atoms with Crippen molar-refractivity contribution in [2.75, 3.05) is 5.73 Å². The first-order valence-electron chi connectivity index (χ1n) is 5.08. The molecule has 2 heteroatoms. The van der Waals surface area contributed by atoms with Crippen molar-refractivity contribution in [2.24, 2.45) is 0 Å². The van der Waals surface area contributed by atoms with E-state index < -0.39 is 0 Å². The maximum atomic E-state index is 8.79. The largest absolute Gasteiger partial charge is 0.506 e. The van der Waals surface area contributed by atoms with E-state index in [4.69, 9.17) is 10.8 Å². The minimum atomic E-state index is 0.146. The predicted molar refractivity (Wildman–Crippen MR) is 67.9 cm³/mol. The molecule has 0 fully saturated rings. The highest BCUT2D eigenvalue weighted by molar-refractivity contribution is 5.85. The van der Waals surface area contributed by atoms with Crippen molar-refractivity contribution in [2.45, 2.75) is 0 Å². The Morgan fingerprint density at radius 3 is 1.56 bits per heavy atom. The summed E-state index contributed by atoms with van der Waals surface area (Å²) in [6.45, 7) is 0. The van der Waals surface area contributed by atoms with E-state index in [2.05, 4.69) is 36.4 Å². The van der Waals surface area contributed by atoms with E-state index in [1.807, 2.05) is 0 Å². The molecule has 2 aromatic carbocycles. The van der Waals surface area contributed by atoms with Gasteiger partial charge in [-0.3, -0.25) is 0 Å². The number of para-hydroxylation sites is 2. The van der Waals surface area contributed by atoms with E-state index in [1.165, 1.54) is 11.1 Å². The Bertz CT molecular complexity index is 472. The zero-order chi connectivity index (χ0) is 11.4. The lowest BCUT2D eigenvalue weighted by atomic mass is 9.99. The Hall–Kier alpha value is -2.22. The highest BCUT2D eigenvalue weighted by Crippen LogP contribution is 2.21. The van der Waals surface area contributed by atoms with Crippen molar-refractivity contribution in [3.05, 3.63) is 59.7 Å². The van der Waals surface area contributed by atoms with Crippen molar-refractivity contribution >= 4 is 17.8 Å². The fourth-order valence-electron chi connectivity index (χ4n) is 1.39. The number of aromatic hydroxyl groups is 1. The van der Waals surface area contributed by atoms with Gasteiger partial charge in [-0.2, -0.15) is 0 Å². The molecule has 0 bridgehead atoms. The summed E-state index contributed by atoms with van der Waals surface area (Å²) in [4.78, 5) is 0. The van der Waals surface area contributed by atoms with Crippen LogP contribution in [0.3, 0.4) is 0 Å². The molecule has 1 aliphatic carbocycles. The third kappa shape index (κ3) is 2.23. The maximum absolute atomic E-state index is 8.79. The number of phenolic OH excluding ortho intramolecular Hbond substituents is 1. The van der Waals surface area contributed by atoms with Crippen LogP contribution in [0.4, 0.5) is 5.69 Å².